The SMILES string of the molecule is CCNC(=NCc1cccc(O)c1)NC1CCN(C(C)c2ccccc2)CC1.I. The summed E-state index contributed by atoms with van der Waals surface area (Å²) in [5, 5.41) is 16.5. The smallest absolute Gasteiger partial charge is 0.191 e. The van der Waals surface area contributed by atoms with Crippen LogP contribution < -0.4 is 10.6 Å². The number of benzene rings is 2. The van der Waals surface area contributed by atoms with E-state index in [1.54, 1.807) is 12.1 Å². The quantitative estimate of drug-likeness (QED) is 0.310. The summed E-state index contributed by atoms with van der Waals surface area (Å²) in [6.45, 7) is 7.92. The van der Waals surface area contributed by atoms with Crippen molar-refractivity contribution in [3.63, 3.8) is 0 Å². The molecule has 1 fully saturated rings. The van der Waals surface area contributed by atoms with E-state index in [0.717, 1.165) is 44.0 Å². The lowest BCUT2D eigenvalue weighted by molar-refractivity contribution is 0.158. The lowest BCUT2D eigenvalue weighted by Gasteiger charge is -2.37. The first-order valence-electron chi connectivity index (χ1n) is 10.3. The molecule has 6 heteroatoms. The number of rotatable bonds is 6. The van der Waals surface area contributed by atoms with Gasteiger partial charge >= 0.3 is 0 Å². The number of likely N-dealkylation sites (tertiary alicyclic amines) is 1. The first-order chi connectivity index (χ1) is 13.7. The van der Waals surface area contributed by atoms with Crippen molar-refractivity contribution in [2.75, 3.05) is 19.6 Å². The zero-order valence-corrected chi connectivity index (χ0v) is 19.7. The molecule has 0 amide bonds. The number of hydrogen-bond donors (Lipinski definition) is 3. The van der Waals surface area contributed by atoms with Crippen molar-refractivity contribution in [1.82, 2.24) is 15.5 Å². The lowest BCUT2D eigenvalue weighted by atomic mass is 10.0. The predicted molar refractivity (Wildman–Crippen MR) is 131 cm³/mol. The number of hydrogen-bond acceptors (Lipinski definition) is 3. The molecule has 0 bridgehead atoms. The Bertz CT molecular complexity index is 760. The molecule has 1 saturated heterocycles. The maximum absolute atomic E-state index is 9.61. The van der Waals surface area contributed by atoms with Crippen LogP contribution in [-0.4, -0.2) is 41.6 Å². The van der Waals surface area contributed by atoms with Gasteiger partial charge in [-0.2, -0.15) is 0 Å². The van der Waals surface area contributed by atoms with E-state index in [1.165, 1.54) is 5.56 Å². The second-order valence-electron chi connectivity index (χ2n) is 7.41. The molecule has 158 valence electrons. The van der Waals surface area contributed by atoms with Crippen LogP contribution in [-0.2, 0) is 6.54 Å². The number of nitrogens with one attached hydrogen (secondary N) is 2. The molecular formula is C23H33IN4O. The third kappa shape index (κ3) is 7.19. The van der Waals surface area contributed by atoms with Gasteiger partial charge in [-0.1, -0.05) is 42.5 Å². The molecular weight excluding hydrogens is 475 g/mol. The van der Waals surface area contributed by atoms with Gasteiger partial charge in [-0.3, -0.25) is 4.90 Å². The fraction of sp³-hybridized carbons (Fsp3) is 0.435. The number of nitrogens with zero attached hydrogens (tertiary/aromatic N) is 2. The summed E-state index contributed by atoms with van der Waals surface area (Å²) in [6.07, 6.45) is 2.21. The van der Waals surface area contributed by atoms with Crippen LogP contribution in [0.1, 0.15) is 43.9 Å². The Balaban J connectivity index is 0.00000300. The maximum atomic E-state index is 9.61. The van der Waals surface area contributed by atoms with Crippen molar-refractivity contribution in [3.8, 4) is 5.75 Å². The highest BCUT2D eigenvalue weighted by molar-refractivity contribution is 14.0. The third-order valence-electron chi connectivity index (χ3n) is 5.37. The van der Waals surface area contributed by atoms with E-state index in [0.29, 0.717) is 18.6 Å². The molecule has 0 aromatic heterocycles. The Morgan fingerprint density at radius 2 is 1.86 bits per heavy atom. The zero-order valence-electron chi connectivity index (χ0n) is 17.3. The largest absolute Gasteiger partial charge is 0.508 e. The first-order valence-corrected chi connectivity index (χ1v) is 10.3. The molecule has 3 N–H and O–H groups in total. The Hall–Kier alpha value is -1.80. The predicted octanol–water partition coefficient (Wildman–Crippen LogP) is 4.29. The molecule has 5 nitrogen and oxygen atoms in total. The second-order valence-corrected chi connectivity index (χ2v) is 7.41. The molecule has 2 aromatic rings. The third-order valence-corrected chi connectivity index (χ3v) is 5.37. The van der Waals surface area contributed by atoms with Gasteiger partial charge < -0.3 is 15.7 Å². The van der Waals surface area contributed by atoms with Crippen molar-refractivity contribution in [2.24, 2.45) is 4.99 Å². The van der Waals surface area contributed by atoms with Gasteiger partial charge in [0, 0.05) is 31.7 Å². The molecule has 0 spiro atoms. The van der Waals surface area contributed by atoms with Gasteiger partial charge in [0.1, 0.15) is 5.75 Å². The van der Waals surface area contributed by atoms with E-state index in [1.807, 2.05) is 12.1 Å². The van der Waals surface area contributed by atoms with Gasteiger partial charge in [0.15, 0.2) is 5.96 Å². The summed E-state index contributed by atoms with van der Waals surface area (Å²) in [5.41, 5.74) is 2.39. The molecule has 1 aliphatic rings. The summed E-state index contributed by atoms with van der Waals surface area (Å²) >= 11 is 0. The Morgan fingerprint density at radius 3 is 2.52 bits per heavy atom. The molecule has 29 heavy (non-hydrogen) atoms. The Morgan fingerprint density at radius 1 is 1.14 bits per heavy atom. The number of aromatic hydroxyl groups is 1. The molecule has 3 rings (SSSR count). The summed E-state index contributed by atoms with van der Waals surface area (Å²) in [5.74, 6) is 1.13. The van der Waals surface area contributed by atoms with Crippen LogP contribution in [0.2, 0.25) is 0 Å². The number of piperidine rings is 1. The van der Waals surface area contributed by atoms with Crippen molar-refractivity contribution in [2.45, 2.75) is 45.3 Å². The van der Waals surface area contributed by atoms with Gasteiger partial charge in [0.2, 0.25) is 0 Å². The van der Waals surface area contributed by atoms with E-state index >= 15 is 0 Å². The topological polar surface area (TPSA) is 59.9 Å². The van der Waals surface area contributed by atoms with Crippen LogP contribution in [0.15, 0.2) is 59.6 Å². The van der Waals surface area contributed by atoms with Crippen LogP contribution in [0, 0.1) is 0 Å². The van der Waals surface area contributed by atoms with Crippen LogP contribution in [0.5, 0.6) is 5.75 Å². The van der Waals surface area contributed by atoms with E-state index in [-0.39, 0.29) is 29.7 Å². The minimum Gasteiger partial charge on any atom is -0.508 e. The van der Waals surface area contributed by atoms with E-state index in [2.05, 4.69) is 59.7 Å². The van der Waals surface area contributed by atoms with Gasteiger partial charge in [0.05, 0.1) is 6.54 Å². The van der Waals surface area contributed by atoms with Crippen LogP contribution in [0.25, 0.3) is 0 Å². The molecule has 0 saturated carbocycles. The van der Waals surface area contributed by atoms with Gasteiger partial charge in [-0.25, -0.2) is 4.99 Å². The molecule has 1 aliphatic heterocycles. The number of phenolic OH excluding ortho intramolecular Hbond substituents is 1. The standard InChI is InChI=1S/C23H32N4O.HI/c1-3-24-23(25-17-19-8-7-11-22(28)16-19)26-21-12-14-27(15-13-21)18(2)20-9-5-4-6-10-20;/h4-11,16,18,21,28H,3,12-15,17H2,1-2H3,(H2,24,25,26);1H. The van der Waals surface area contributed by atoms with E-state index in [9.17, 15) is 5.11 Å². The zero-order chi connectivity index (χ0) is 19.8. The summed E-state index contributed by atoms with van der Waals surface area (Å²) < 4.78 is 0. The van der Waals surface area contributed by atoms with Crippen LogP contribution >= 0.6 is 24.0 Å². The Kier molecular flexibility index (Phi) is 9.73. The summed E-state index contributed by atoms with van der Waals surface area (Å²) in [7, 11) is 0. The molecule has 2 aromatic carbocycles. The molecule has 0 radical (unpaired) electrons. The van der Waals surface area contributed by atoms with Crippen LogP contribution in [0.4, 0.5) is 0 Å². The highest BCUT2D eigenvalue weighted by Gasteiger charge is 2.23. The van der Waals surface area contributed by atoms with Crippen molar-refractivity contribution in [1.29, 1.82) is 0 Å². The fourth-order valence-electron chi connectivity index (χ4n) is 3.71. The Labute approximate surface area is 191 Å². The number of phenols is 1. The van der Waals surface area contributed by atoms with Gasteiger partial charge in [-0.05, 0) is 49.9 Å². The average Bonchev–Trinajstić information content (AvgIpc) is 2.73. The fourth-order valence-corrected chi connectivity index (χ4v) is 3.71. The minimum absolute atomic E-state index is 0. The first kappa shape index (κ1) is 23.5. The molecule has 1 unspecified atom stereocenters. The highest BCUT2D eigenvalue weighted by Crippen LogP contribution is 2.24. The summed E-state index contributed by atoms with van der Waals surface area (Å²) in [6, 6.07) is 18.9. The molecule has 1 heterocycles. The summed E-state index contributed by atoms with van der Waals surface area (Å²) in [4.78, 5) is 7.25. The van der Waals surface area contributed by atoms with E-state index in [4.69, 9.17) is 4.99 Å². The minimum atomic E-state index is 0. The lowest BCUT2D eigenvalue weighted by Crippen LogP contribution is -2.49. The van der Waals surface area contributed by atoms with Crippen molar-refractivity contribution < 1.29 is 5.11 Å². The van der Waals surface area contributed by atoms with Crippen molar-refractivity contribution in [3.05, 3.63) is 65.7 Å². The highest BCUT2D eigenvalue weighted by atomic mass is 127. The molecule has 0 aliphatic carbocycles. The number of halogens is 1. The monoisotopic (exact) mass is 508 g/mol. The second kappa shape index (κ2) is 12.0. The van der Waals surface area contributed by atoms with Crippen LogP contribution in [0.3, 0.4) is 0 Å². The number of aliphatic imine (C=N–C) groups is 1. The normalized spacial score (nSPS) is 16.7. The maximum Gasteiger partial charge on any atom is 0.191 e. The number of guanidine groups is 1. The van der Waals surface area contributed by atoms with Gasteiger partial charge in [0.25, 0.3) is 0 Å². The van der Waals surface area contributed by atoms with Gasteiger partial charge in [-0.15, -0.1) is 24.0 Å². The molecule has 1 atom stereocenters. The van der Waals surface area contributed by atoms with Crippen molar-refractivity contribution >= 4 is 29.9 Å². The average molecular weight is 508 g/mol. The van der Waals surface area contributed by atoms with E-state index < -0.39 is 0 Å².